The number of nitrogens with two attached hydrogens (primary N) is 1. The molecule has 4 heteroatoms. The first-order chi connectivity index (χ1) is 15.5. The molecule has 4 nitrogen and oxygen atoms in total. The molecule has 1 fully saturated rings. The van der Waals surface area contributed by atoms with Crippen LogP contribution in [0.3, 0.4) is 0 Å². The summed E-state index contributed by atoms with van der Waals surface area (Å²) in [5, 5.41) is 2.18. The predicted octanol–water partition coefficient (Wildman–Crippen LogP) is 3.61. The van der Waals surface area contributed by atoms with Crippen molar-refractivity contribution in [2.24, 2.45) is 0 Å². The van der Waals surface area contributed by atoms with Crippen LogP contribution in [0.15, 0.2) is 72.8 Å². The van der Waals surface area contributed by atoms with Crippen molar-refractivity contribution in [3.05, 3.63) is 101 Å². The molecule has 0 radical (unpaired) electrons. The van der Waals surface area contributed by atoms with E-state index in [0.29, 0.717) is 6.54 Å². The summed E-state index contributed by atoms with van der Waals surface area (Å²) in [6, 6.07) is 25.7. The van der Waals surface area contributed by atoms with E-state index >= 15 is 0 Å². The van der Waals surface area contributed by atoms with Crippen molar-refractivity contribution in [2.75, 3.05) is 37.6 Å². The van der Waals surface area contributed by atoms with E-state index in [2.05, 4.69) is 97.7 Å². The molecule has 1 atom stereocenters. The molecule has 1 heterocycles. The van der Waals surface area contributed by atoms with E-state index in [0.717, 1.165) is 26.2 Å². The van der Waals surface area contributed by atoms with Crippen LogP contribution in [-0.2, 0) is 4.79 Å². The van der Waals surface area contributed by atoms with Gasteiger partial charge in [-0.25, -0.2) is 0 Å². The van der Waals surface area contributed by atoms with Crippen LogP contribution >= 0.6 is 0 Å². The smallest absolute Gasteiger partial charge is 0.277 e. The lowest BCUT2D eigenvalue weighted by atomic mass is 9.98. The molecule has 32 heavy (non-hydrogen) atoms. The minimum absolute atomic E-state index is 0.122. The molecule has 166 valence electrons. The molecule has 1 aliphatic heterocycles. The molecule has 1 aliphatic rings. The maximum Gasteiger partial charge on any atom is 0.277 e. The van der Waals surface area contributed by atoms with Gasteiger partial charge in [0.25, 0.3) is 5.91 Å². The summed E-state index contributed by atoms with van der Waals surface area (Å²) in [6.07, 6.45) is 0. The Morgan fingerprint density at radius 3 is 2.16 bits per heavy atom. The number of quaternary nitrogens is 1. The van der Waals surface area contributed by atoms with E-state index in [1.807, 2.05) is 11.0 Å². The van der Waals surface area contributed by atoms with Gasteiger partial charge in [0.05, 0.1) is 0 Å². The summed E-state index contributed by atoms with van der Waals surface area (Å²) in [5.41, 5.74) is 7.66. The Kier molecular flexibility index (Phi) is 6.91. The SMILES string of the molecule is Cc1ccc([C@H]([NH2+]CC(=O)N2CCN(c3cccc(C)c3C)CC2)c2ccccc2)cc1. The summed E-state index contributed by atoms with van der Waals surface area (Å²) in [4.78, 5) is 17.5. The highest BCUT2D eigenvalue weighted by atomic mass is 16.2. The average molecular weight is 429 g/mol. The van der Waals surface area contributed by atoms with Gasteiger partial charge in [0.2, 0.25) is 0 Å². The highest BCUT2D eigenvalue weighted by Gasteiger charge is 2.25. The molecule has 0 aromatic heterocycles. The third kappa shape index (κ3) is 5.03. The Hall–Kier alpha value is -3.11. The fourth-order valence-corrected chi connectivity index (χ4v) is 4.52. The molecule has 0 bridgehead atoms. The zero-order valence-electron chi connectivity index (χ0n) is 19.4. The summed E-state index contributed by atoms with van der Waals surface area (Å²) in [6.45, 7) is 10.2. The first kappa shape index (κ1) is 22.1. The van der Waals surface area contributed by atoms with Gasteiger partial charge in [0.1, 0.15) is 6.04 Å². The summed E-state index contributed by atoms with van der Waals surface area (Å²) >= 11 is 0. The summed E-state index contributed by atoms with van der Waals surface area (Å²) in [7, 11) is 0. The van der Waals surface area contributed by atoms with Crippen LogP contribution in [0.5, 0.6) is 0 Å². The minimum atomic E-state index is 0.122. The number of hydrogen-bond acceptors (Lipinski definition) is 2. The third-order valence-electron chi connectivity index (χ3n) is 6.67. The van der Waals surface area contributed by atoms with Crippen molar-refractivity contribution in [1.29, 1.82) is 0 Å². The van der Waals surface area contributed by atoms with Crippen LogP contribution in [0.1, 0.15) is 33.9 Å². The van der Waals surface area contributed by atoms with Crippen LogP contribution in [0.2, 0.25) is 0 Å². The van der Waals surface area contributed by atoms with Crippen molar-refractivity contribution in [3.63, 3.8) is 0 Å². The zero-order chi connectivity index (χ0) is 22.5. The van der Waals surface area contributed by atoms with Gasteiger partial charge in [-0.2, -0.15) is 0 Å². The van der Waals surface area contributed by atoms with Crippen molar-refractivity contribution in [2.45, 2.75) is 26.8 Å². The number of carbonyl (C=O) groups is 1. The van der Waals surface area contributed by atoms with E-state index in [4.69, 9.17) is 0 Å². The molecular formula is C28H34N3O+. The normalized spacial score (nSPS) is 15.0. The Morgan fingerprint density at radius 1 is 0.812 bits per heavy atom. The second-order valence-corrected chi connectivity index (χ2v) is 8.83. The molecule has 1 saturated heterocycles. The minimum Gasteiger partial charge on any atom is -0.368 e. The van der Waals surface area contributed by atoms with Crippen LogP contribution in [0, 0.1) is 20.8 Å². The highest BCUT2D eigenvalue weighted by molar-refractivity contribution is 5.77. The molecule has 3 aromatic rings. The largest absolute Gasteiger partial charge is 0.368 e. The van der Waals surface area contributed by atoms with E-state index in [1.54, 1.807) is 0 Å². The highest BCUT2D eigenvalue weighted by Crippen LogP contribution is 2.24. The number of benzene rings is 3. The fourth-order valence-electron chi connectivity index (χ4n) is 4.52. The molecule has 0 saturated carbocycles. The molecule has 0 aliphatic carbocycles. The van der Waals surface area contributed by atoms with Crippen molar-refractivity contribution in [1.82, 2.24) is 4.90 Å². The second kappa shape index (κ2) is 10.0. The van der Waals surface area contributed by atoms with Gasteiger partial charge in [-0.3, -0.25) is 4.79 Å². The van der Waals surface area contributed by atoms with Gasteiger partial charge in [0, 0.05) is 43.0 Å². The predicted molar refractivity (Wildman–Crippen MR) is 131 cm³/mol. The Balaban J connectivity index is 1.39. The van der Waals surface area contributed by atoms with Crippen LogP contribution in [0.25, 0.3) is 0 Å². The van der Waals surface area contributed by atoms with Crippen molar-refractivity contribution >= 4 is 11.6 Å². The van der Waals surface area contributed by atoms with Gasteiger partial charge in [-0.05, 0) is 38.0 Å². The zero-order valence-corrected chi connectivity index (χ0v) is 19.4. The first-order valence-electron chi connectivity index (χ1n) is 11.6. The maximum atomic E-state index is 13.1. The third-order valence-corrected chi connectivity index (χ3v) is 6.67. The van der Waals surface area contributed by atoms with E-state index in [1.165, 1.54) is 33.5 Å². The number of amides is 1. The van der Waals surface area contributed by atoms with Gasteiger partial charge in [-0.1, -0.05) is 72.3 Å². The number of carbonyl (C=O) groups excluding carboxylic acids is 1. The lowest BCUT2D eigenvalue weighted by Crippen LogP contribution is -2.88. The Morgan fingerprint density at radius 2 is 1.47 bits per heavy atom. The van der Waals surface area contributed by atoms with Gasteiger partial charge >= 0.3 is 0 Å². The molecule has 0 unspecified atom stereocenters. The average Bonchev–Trinajstić information content (AvgIpc) is 2.83. The van der Waals surface area contributed by atoms with Gasteiger partial charge < -0.3 is 15.1 Å². The van der Waals surface area contributed by atoms with Crippen molar-refractivity contribution < 1.29 is 10.1 Å². The fraction of sp³-hybridized carbons (Fsp3) is 0.321. The monoisotopic (exact) mass is 428 g/mol. The Labute approximate surface area is 191 Å². The number of nitrogens with zero attached hydrogens (tertiary/aromatic N) is 2. The molecule has 4 rings (SSSR count). The van der Waals surface area contributed by atoms with Gasteiger partial charge in [-0.15, -0.1) is 0 Å². The number of rotatable bonds is 6. The first-order valence-corrected chi connectivity index (χ1v) is 11.6. The summed E-state index contributed by atoms with van der Waals surface area (Å²) < 4.78 is 0. The van der Waals surface area contributed by atoms with E-state index in [9.17, 15) is 4.79 Å². The Bertz CT molecular complexity index is 1040. The maximum absolute atomic E-state index is 13.1. The quantitative estimate of drug-likeness (QED) is 0.652. The van der Waals surface area contributed by atoms with Crippen LogP contribution in [-0.4, -0.2) is 43.5 Å². The lowest BCUT2D eigenvalue weighted by molar-refractivity contribution is -0.677. The standard InChI is InChI=1S/C28H33N3O/c1-21-12-14-25(15-13-21)28(24-9-5-4-6-10-24)29-20-27(32)31-18-16-30(17-19-31)26-11-7-8-22(2)23(26)3/h4-15,28-29H,16-20H2,1-3H3/p+1/t28-/m1/s1. The number of hydrogen-bond donors (Lipinski definition) is 1. The van der Waals surface area contributed by atoms with Crippen LogP contribution in [0.4, 0.5) is 5.69 Å². The van der Waals surface area contributed by atoms with Crippen molar-refractivity contribution in [3.8, 4) is 0 Å². The molecule has 0 spiro atoms. The summed E-state index contributed by atoms with van der Waals surface area (Å²) in [5.74, 6) is 0.221. The van der Waals surface area contributed by atoms with E-state index in [-0.39, 0.29) is 11.9 Å². The number of piperazine rings is 1. The number of aryl methyl sites for hydroxylation is 2. The molecule has 3 aromatic carbocycles. The molecular weight excluding hydrogens is 394 g/mol. The molecule has 1 amide bonds. The molecule has 2 N–H and O–H groups in total. The van der Waals surface area contributed by atoms with Crippen LogP contribution < -0.4 is 10.2 Å². The van der Waals surface area contributed by atoms with E-state index < -0.39 is 0 Å². The lowest BCUT2D eigenvalue weighted by Gasteiger charge is -2.37. The van der Waals surface area contributed by atoms with Gasteiger partial charge in [0.15, 0.2) is 6.54 Å². The number of anilines is 1. The second-order valence-electron chi connectivity index (χ2n) is 8.83. The topological polar surface area (TPSA) is 40.2 Å².